The Bertz CT molecular complexity index is 410. The lowest BCUT2D eigenvalue weighted by Gasteiger charge is -2.16. The van der Waals surface area contributed by atoms with Gasteiger partial charge in [0, 0.05) is 11.5 Å². The fraction of sp³-hybridized carbons (Fsp3) is 0.167. The summed E-state index contributed by atoms with van der Waals surface area (Å²) in [5.41, 5.74) is 6.69. The molecular formula is C12H13NO2. The van der Waals surface area contributed by atoms with Gasteiger partial charge in [-0.05, 0) is 18.2 Å². The molecule has 1 aromatic carbocycles. The maximum atomic E-state index is 5.60. The SMILES string of the molecule is COc1ccccc1C1C=COC(N)=C1. The van der Waals surface area contributed by atoms with Gasteiger partial charge in [-0.2, -0.15) is 0 Å². The molecule has 2 N–H and O–H groups in total. The van der Waals surface area contributed by atoms with Crippen LogP contribution in [0.1, 0.15) is 11.5 Å². The van der Waals surface area contributed by atoms with Crippen LogP contribution < -0.4 is 10.5 Å². The van der Waals surface area contributed by atoms with Gasteiger partial charge < -0.3 is 15.2 Å². The zero-order chi connectivity index (χ0) is 10.7. The van der Waals surface area contributed by atoms with Crippen LogP contribution >= 0.6 is 0 Å². The van der Waals surface area contributed by atoms with Crippen molar-refractivity contribution in [2.75, 3.05) is 7.11 Å². The number of nitrogens with two attached hydrogens (primary N) is 1. The highest BCUT2D eigenvalue weighted by atomic mass is 16.5. The molecule has 0 spiro atoms. The molecule has 0 aliphatic carbocycles. The van der Waals surface area contributed by atoms with E-state index in [2.05, 4.69) is 0 Å². The highest BCUT2D eigenvalue weighted by molar-refractivity contribution is 5.41. The van der Waals surface area contributed by atoms with Crippen LogP contribution in [-0.2, 0) is 4.74 Å². The molecule has 1 atom stereocenters. The number of hydrogen-bond acceptors (Lipinski definition) is 3. The minimum absolute atomic E-state index is 0.120. The van der Waals surface area contributed by atoms with Crippen LogP contribution in [0, 0.1) is 0 Å². The average Bonchev–Trinajstić information content (AvgIpc) is 2.29. The maximum absolute atomic E-state index is 5.60. The molecule has 0 saturated carbocycles. The lowest BCUT2D eigenvalue weighted by atomic mass is 9.97. The zero-order valence-electron chi connectivity index (χ0n) is 8.51. The van der Waals surface area contributed by atoms with E-state index in [0.717, 1.165) is 11.3 Å². The third-order valence-corrected chi connectivity index (χ3v) is 2.33. The summed E-state index contributed by atoms with van der Waals surface area (Å²) in [5.74, 6) is 1.40. The van der Waals surface area contributed by atoms with Crippen molar-refractivity contribution < 1.29 is 9.47 Å². The Morgan fingerprint density at radius 2 is 2.13 bits per heavy atom. The summed E-state index contributed by atoms with van der Waals surface area (Å²) in [6, 6.07) is 7.87. The molecule has 0 bridgehead atoms. The van der Waals surface area contributed by atoms with Crippen molar-refractivity contribution in [2.24, 2.45) is 5.73 Å². The van der Waals surface area contributed by atoms with Crippen LogP contribution in [0.3, 0.4) is 0 Å². The first-order chi connectivity index (χ1) is 7.31. The van der Waals surface area contributed by atoms with Crippen molar-refractivity contribution in [3.63, 3.8) is 0 Å². The summed E-state index contributed by atoms with van der Waals surface area (Å²) in [6.07, 6.45) is 5.40. The van der Waals surface area contributed by atoms with Crippen LogP contribution in [0.4, 0.5) is 0 Å². The van der Waals surface area contributed by atoms with Crippen molar-refractivity contribution in [2.45, 2.75) is 5.92 Å². The second-order valence-corrected chi connectivity index (χ2v) is 3.28. The molecule has 0 radical (unpaired) electrons. The number of allylic oxidation sites excluding steroid dienone is 2. The van der Waals surface area contributed by atoms with E-state index in [1.54, 1.807) is 13.4 Å². The summed E-state index contributed by atoms with van der Waals surface area (Å²) < 4.78 is 10.3. The number of methoxy groups -OCH3 is 1. The van der Waals surface area contributed by atoms with Crippen LogP contribution in [0.15, 0.2) is 48.6 Å². The monoisotopic (exact) mass is 203 g/mol. The Morgan fingerprint density at radius 3 is 2.87 bits per heavy atom. The van der Waals surface area contributed by atoms with E-state index in [0.29, 0.717) is 5.88 Å². The van der Waals surface area contributed by atoms with Gasteiger partial charge in [0.25, 0.3) is 0 Å². The molecule has 15 heavy (non-hydrogen) atoms. The molecular weight excluding hydrogens is 190 g/mol. The number of rotatable bonds is 2. The normalized spacial score (nSPS) is 19.3. The van der Waals surface area contributed by atoms with Crippen molar-refractivity contribution in [1.29, 1.82) is 0 Å². The number of para-hydroxylation sites is 1. The average molecular weight is 203 g/mol. The summed E-state index contributed by atoms with van der Waals surface area (Å²) in [4.78, 5) is 0. The van der Waals surface area contributed by atoms with Gasteiger partial charge in [-0.15, -0.1) is 0 Å². The molecule has 0 fully saturated rings. The lowest BCUT2D eigenvalue weighted by molar-refractivity contribution is 0.333. The number of ether oxygens (including phenoxy) is 2. The van der Waals surface area contributed by atoms with Crippen molar-refractivity contribution in [3.8, 4) is 5.75 Å². The fourth-order valence-corrected chi connectivity index (χ4v) is 1.61. The molecule has 1 aliphatic rings. The number of benzene rings is 1. The smallest absolute Gasteiger partial charge is 0.186 e. The van der Waals surface area contributed by atoms with Gasteiger partial charge in [0.15, 0.2) is 5.88 Å². The minimum Gasteiger partial charge on any atom is -0.496 e. The van der Waals surface area contributed by atoms with Gasteiger partial charge in [0.1, 0.15) is 5.75 Å². The zero-order valence-corrected chi connectivity index (χ0v) is 8.51. The summed E-state index contributed by atoms with van der Waals surface area (Å²) in [5, 5.41) is 0. The largest absolute Gasteiger partial charge is 0.496 e. The van der Waals surface area contributed by atoms with Gasteiger partial charge >= 0.3 is 0 Å². The highest BCUT2D eigenvalue weighted by Crippen LogP contribution is 2.30. The van der Waals surface area contributed by atoms with E-state index >= 15 is 0 Å². The molecule has 3 nitrogen and oxygen atoms in total. The Labute approximate surface area is 88.8 Å². The molecule has 0 aromatic heterocycles. The fourth-order valence-electron chi connectivity index (χ4n) is 1.61. The van der Waals surface area contributed by atoms with E-state index in [4.69, 9.17) is 15.2 Å². The van der Waals surface area contributed by atoms with E-state index in [1.807, 2.05) is 36.4 Å². The molecule has 0 saturated heterocycles. The topological polar surface area (TPSA) is 44.5 Å². The van der Waals surface area contributed by atoms with Gasteiger partial charge in [-0.1, -0.05) is 18.2 Å². The maximum Gasteiger partial charge on any atom is 0.186 e. The Kier molecular flexibility index (Phi) is 2.63. The second-order valence-electron chi connectivity index (χ2n) is 3.28. The van der Waals surface area contributed by atoms with E-state index in [9.17, 15) is 0 Å². The quantitative estimate of drug-likeness (QED) is 0.800. The Morgan fingerprint density at radius 1 is 1.33 bits per heavy atom. The lowest BCUT2D eigenvalue weighted by Crippen LogP contribution is -2.07. The standard InChI is InChI=1S/C12H13NO2/c1-14-11-5-3-2-4-10(11)9-6-7-15-12(13)8-9/h2-9H,13H2,1H3. The third-order valence-electron chi connectivity index (χ3n) is 2.33. The molecule has 0 amide bonds. The molecule has 78 valence electrons. The Hall–Kier alpha value is -1.90. The molecule has 1 heterocycles. The molecule has 2 rings (SSSR count). The minimum atomic E-state index is 0.120. The van der Waals surface area contributed by atoms with Gasteiger partial charge in [-0.3, -0.25) is 0 Å². The first kappa shape index (κ1) is 9.65. The summed E-state index contributed by atoms with van der Waals surface area (Å²) >= 11 is 0. The van der Waals surface area contributed by atoms with Crippen molar-refractivity contribution in [3.05, 3.63) is 54.1 Å². The van der Waals surface area contributed by atoms with Gasteiger partial charge in [-0.25, -0.2) is 0 Å². The van der Waals surface area contributed by atoms with Gasteiger partial charge in [0.05, 0.1) is 13.4 Å². The molecule has 1 unspecified atom stereocenters. The van der Waals surface area contributed by atoms with Crippen LogP contribution in [0.2, 0.25) is 0 Å². The van der Waals surface area contributed by atoms with E-state index in [-0.39, 0.29) is 5.92 Å². The molecule has 3 heteroatoms. The first-order valence-corrected chi connectivity index (χ1v) is 4.75. The third kappa shape index (κ3) is 1.96. The predicted octanol–water partition coefficient (Wildman–Crippen LogP) is 2.12. The van der Waals surface area contributed by atoms with Crippen LogP contribution in [0.25, 0.3) is 0 Å². The van der Waals surface area contributed by atoms with Crippen molar-refractivity contribution in [1.82, 2.24) is 0 Å². The van der Waals surface area contributed by atoms with Crippen LogP contribution in [-0.4, -0.2) is 7.11 Å². The van der Waals surface area contributed by atoms with Gasteiger partial charge in [0.2, 0.25) is 0 Å². The predicted molar refractivity (Wildman–Crippen MR) is 58.2 cm³/mol. The van der Waals surface area contributed by atoms with E-state index in [1.165, 1.54) is 0 Å². The highest BCUT2D eigenvalue weighted by Gasteiger charge is 2.14. The first-order valence-electron chi connectivity index (χ1n) is 4.75. The second kappa shape index (κ2) is 4.09. The summed E-state index contributed by atoms with van der Waals surface area (Å²) in [6.45, 7) is 0. The Balaban J connectivity index is 2.36. The van der Waals surface area contributed by atoms with Crippen molar-refractivity contribution >= 4 is 0 Å². The molecule has 1 aliphatic heterocycles. The summed E-state index contributed by atoms with van der Waals surface area (Å²) in [7, 11) is 1.66. The van der Waals surface area contributed by atoms with E-state index < -0.39 is 0 Å². The van der Waals surface area contributed by atoms with Crippen LogP contribution in [0.5, 0.6) is 5.75 Å². The number of hydrogen-bond donors (Lipinski definition) is 1. The molecule has 1 aromatic rings.